The van der Waals surface area contributed by atoms with Gasteiger partial charge in [0.05, 0.1) is 22.1 Å². The molecule has 0 N–H and O–H groups in total. The summed E-state index contributed by atoms with van der Waals surface area (Å²) in [5.41, 5.74) is 9.41. The molecule has 0 bridgehead atoms. The molecular formula is C36H21N3O. The topological polar surface area (TPSA) is 54.8 Å². The third kappa shape index (κ3) is 3.28. The molecule has 0 amide bonds. The molecule has 0 aliphatic heterocycles. The molecule has 40 heavy (non-hydrogen) atoms. The smallest absolute Gasteiger partial charge is 0.145 e. The van der Waals surface area contributed by atoms with E-state index in [0.717, 1.165) is 71.8 Å². The lowest BCUT2D eigenvalue weighted by Crippen LogP contribution is -1.95. The van der Waals surface area contributed by atoms with Crippen molar-refractivity contribution < 1.29 is 4.42 Å². The van der Waals surface area contributed by atoms with Crippen LogP contribution in [0.1, 0.15) is 5.69 Å². The molecule has 3 heterocycles. The normalized spacial score (nSPS) is 11.5. The predicted octanol–water partition coefficient (Wildman–Crippen LogP) is 9.28. The Kier molecular flexibility index (Phi) is 4.85. The number of benzene rings is 5. The van der Waals surface area contributed by atoms with E-state index in [9.17, 15) is 5.26 Å². The van der Waals surface area contributed by atoms with Crippen molar-refractivity contribution in [2.75, 3.05) is 0 Å². The van der Waals surface area contributed by atoms with Crippen LogP contribution in [0.2, 0.25) is 0 Å². The van der Waals surface area contributed by atoms with Gasteiger partial charge >= 0.3 is 0 Å². The number of hydrogen-bond acceptors (Lipinski definition) is 3. The summed E-state index contributed by atoms with van der Waals surface area (Å²) < 4.78 is 8.77. The van der Waals surface area contributed by atoms with E-state index in [1.54, 1.807) is 6.07 Å². The van der Waals surface area contributed by atoms with Crippen molar-refractivity contribution in [1.82, 2.24) is 9.55 Å². The highest BCUT2D eigenvalue weighted by molar-refractivity contribution is 6.23. The Morgan fingerprint density at radius 2 is 1.40 bits per heavy atom. The number of nitriles is 1. The van der Waals surface area contributed by atoms with Gasteiger partial charge in [-0.1, -0.05) is 78.9 Å². The molecule has 0 unspecified atom stereocenters. The first-order chi connectivity index (χ1) is 19.8. The molecule has 8 rings (SSSR count). The lowest BCUT2D eigenvalue weighted by Gasteiger charge is -2.13. The van der Waals surface area contributed by atoms with Crippen LogP contribution in [0.3, 0.4) is 0 Å². The van der Waals surface area contributed by atoms with Crippen LogP contribution in [-0.2, 0) is 0 Å². The Hall–Kier alpha value is -5.66. The number of fused-ring (bicyclic) bond motifs is 7. The van der Waals surface area contributed by atoms with Crippen LogP contribution in [0.25, 0.3) is 71.8 Å². The van der Waals surface area contributed by atoms with E-state index in [4.69, 9.17) is 4.42 Å². The van der Waals surface area contributed by atoms with Crippen molar-refractivity contribution in [3.63, 3.8) is 0 Å². The van der Waals surface area contributed by atoms with Crippen LogP contribution in [0.4, 0.5) is 0 Å². The van der Waals surface area contributed by atoms with Gasteiger partial charge in [0.25, 0.3) is 0 Å². The Morgan fingerprint density at radius 3 is 2.30 bits per heavy atom. The zero-order valence-corrected chi connectivity index (χ0v) is 21.4. The molecular weight excluding hydrogens is 490 g/mol. The number of hydrogen-bond donors (Lipinski definition) is 0. The third-order valence-electron chi connectivity index (χ3n) is 7.66. The average molecular weight is 512 g/mol. The van der Waals surface area contributed by atoms with Crippen LogP contribution < -0.4 is 0 Å². The van der Waals surface area contributed by atoms with Gasteiger partial charge in [-0.05, 0) is 59.7 Å². The van der Waals surface area contributed by atoms with E-state index in [2.05, 4.69) is 101 Å². The summed E-state index contributed by atoms with van der Waals surface area (Å²) in [4.78, 5) is 4.57. The maximum Gasteiger partial charge on any atom is 0.145 e. The van der Waals surface area contributed by atoms with E-state index >= 15 is 0 Å². The first-order valence-electron chi connectivity index (χ1n) is 13.2. The third-order valence-corrected chi connectivity index (χ3v) is 7.66. The maximum atomic E-state index is 9.40. The van der Waals surface area contributed by atoms with Crippen molar-refractivity contribution >= 4 is 43.7 Å². The maximum absolute atomic E-state index is 9.40. The molecule has 4 nitrogen and oxygen atoms in total. The molecule has 4 heteroatoms. The zero-order chi connectivity index (χ0) is 26.6. The molecule has 3 aromatic heterocycles. The van der Waals surface area contributed by atoms with Gasteiger partial charge in [-0.3, -0.25) is 0 Å². The fourth-order valence-electron chi connectivity index (χ4n) is 5.93. The molecule has 0 fully saturated rings. The number of aromatic nitrogens is 2. The molecule has 0 radical (unpaired) electrons. The molecule has 0 spiro atoms. The summed E-state index contributed by atoms with van der Waals surface area (Å²) in [7, 11) is 0. The summed E-state index contributed by atoms with van der Waals surface area (Å²) in [5.74, 6) is 0. The highest BCUT2D eigenvalue weighted by Gasteiger charge is 2.19. The number of nitrogens with zero attached hydrogens (tertiary/aromatic N) is 3. The molecule has 0 saturated heterocycles. The minimum atomic E-state index is 0.406. The lowest BCUT2D eigenvalue weighted by atomic mass is 9.97. The highest BCUT2D eigenvalue weighted by Crippen LogP contribution is 2.41. The Morgan fingerprint density at radius 1 is 0.625 bits per heavy atom. The van der Waals surface area contributed by atoms with Gasteiger partial charge in [0.1, 0.15) is 22.9 Å². The van der Waals surface area contributed by atoms with Gasteiger partial charge in [0.2, 0.25) is 0 Å². The Labute approximate surface area is 230 Å². The van der Waals surface area contributed by atoms with Crippen LogP contribution in [0.5, 0.6) is 0 Å². The van der Waals surface area contributed by atoms with Crippen LogP contribution in [0, 0.1) is 11.3 Å². The fourth-order valence-corrected chi connectivity index (χ4v) is 5.93. The van der Waals surface area contributed by atoms with Crippen molar-refractivity contribution in [1.29, 1.82) is 5.26 Å². The van der Waals surface area contributed by atoms with E-state index in [1.165, 1.54) is 0 Å². The van der Waals surface area contributed by atoms with E-state index in [1.807, 2.05) is 36.4 Å². The highest BCUT2D eigenvalue weighted by atomic mass is 16.3. The molecule has 0 aliphatic carbocycles. The second kappa shape index (κ2) is 8.69. The minimum Gasteiger partial charge on any atom is -0.455 e. The van der Waals surface area contributed by atoms with Crippen LogP contribution in [-0.4, -0.2) is 9.55 Å². The summed E-state index contributed by atoms with van der Waals surface area (Å²) in [6, 6.07) is 45.6. The molecule has 8 aromatic rings. The molecule has 5 aromatic carbocycles. The Balaban J connectivity index is 1.38. The van der Waals surface area contributed by atoms with Crippen LogP contribution >= 0.6 is 0 Å². The van der Waals surface area contributed by atoms with Gasteiger partial charge in [-0.15, -0.1) is 0 Å². The predicted molar refractivity (Wildman–Crippen MR) is 161 cm³/mol. The number of rotatable bonds is 3. The summed E-state index contributed by atoms with van der Waals surface area (Å²) in [6.07, 6.45) is 0. The number of furan rings is 1. The van der Waals surface area contributed by atoms with Gasteiger partial charge in [0, 0.05) is 27.4 Å². The molecule has 0 saturated carbocycles. The van der Waals surface area contributed by atoms with Gasteiger partial charge in [-0.2, -0.15) is 5.26 Å². The quantitative estimate of drug-likeness (QED) is 0.237. The van der Waals surface area contributed by atoms with Crippen molar-refractivity contribution in [3.05, 3.63) is 133 Å². The average Bonchev–Trinajstić information content (AvgIpc) is 3.57. The number of para-hydroxylation sites is 2. The monoisotopic (exact) mass is 511 g/mol. The van der Waals surface area contributed by atoms with Crippen LogP contribution in [0.15, 0.2) is 132 Å². The zero-order valence-electron chi connectivity index (χ0n) is 21.4. The molecule has 0 aliphatic rings. The first kappa shape index (κ1) is 22.3. The first-order valence-corrected chi connectivity index (χ1v) is 13.2. The summed E-state index contributed by atoms with van der Waals surface area (Å²) >= 11 is 0. The van der Waals surface area contributed by atoms with Gasteiger partial charge in [-0.25, -0.2) is 4.98 Å². The SMILES string of the molecule is N#Cc1cccc(-c2ccccc2-c2cccc(-n3c4ccccc4c4c5oc6ccccc6c5ccc43)c2)n1. The van der Waals surface area contributed by atoms with E-state index in [-0.39, 0.29) is 0 Å². The minimum absolute atomic E-state index is 0.406. The summed E-state index contributed by atoms with van der Waals surface area (Å²) in [6.45, 7) is 0. The van der Waals surface area contributed by atoms with Gasteiger partial charge in [0.15, 0.2) is 0 Å². The fraction of sp³-hybridized carbons (Fsp3) is 0. The van der Waals surface area contributed by atoms with Crippen molar-refractivity contribution in [3.8, 4) is 34.1 Å². The Bertz CT molecular complexity index is 2300. The molecule has 186 valence electrons. The second-order valence-electron chi connectivity index (χ2n) is 9.90. The van der Waals surface area contributed by atoms with Crippen molar-refractivity contribution in [2.45, 2.75) is 0 Å². The van der Waals surface area contributed by atoms with Crippen molar-refractivity contribution in [2.24, 2.45) is 0 Å². The largest absolute Gasteiger partial charge is 0.455 e. The van der Waals surface area contributed by atoms with E-state index in [0.29, 0.717) is 5.69 Å². The number of pyridine rings is 1. The van der Waals surface area contributed by atoms with E-state index < -0.39 is 0 Å². The standard InChI is InChI=1S/C36H21N3O/c37-22-24-10-8-16-31(38-24)27-13-2-1-12-26(27)23-9-7-11-25(21-23)39-32-17-5-3-15-30(32)35-33(39)20-19-29-28-14-4-6-18-34(28)40-36(29)35/h1-21H. The summed E-state index contributed by atoms with van der Waals surface area (Å²) in [5, 5.41) is 13.9. The molecule has 0 atom stereocenters. The van der Waals surface area contributed by atoms with Gasteiger partial charge < -0.3 is 8.98 Å². The second-order valence-corrected chi connectivity index (χ2v) is 9.90. The lowest BCUT2D eigenvalue weighted by molar-refractivity contribution is 0.673.